The molecule has 0 bridgehead atoms. The molecule has 0 aromatic heterocycles. The maximum absolute atomic E-state index is 11.2. The molecular weight excluding hydrogens is 180 g/mol. The quantitative estimate of drug-likeness (QED) is 0.618. The van der Waals surface area contributed by atoms with E-state index >= 15 is 0 Å². The van der Waals surface area contributed by atoms with Gasteiger partial charge in [0.15, 0.2) is 0 Å². The molecule has 68 valence electrons. The summed E-state index contributed by atoms with van der Waals surface area (Å²) in [6.07, 6.45) is 0. The lowest BCUT2D eigenvalue weighted by Crippen LogP contribution is -2.05. The van der Waals surface area contributed by atoms with Crippen LogP contribution in [0.4, 0.5) is 0 Å². The van der Waals surface area contributed by atoms with Crippen molar-refractivity contribution in [1.29, 1.82) is 10.5 Å². The van der Waals surface area contributed by atoms with Crippen molar-refractivity contribution in [2.75, 3.05) is 7.11 Å². The molecule has 0 unspecified atom stereocenters. The third-order valence-corrected chi connectivity index (χ3v) is 1.70. The Hall–Kier alpha value is -2.33. The third-order valence-electron chi connectivity index (χ3n) is 1.70. The number of ether oxygens (including phenoxy) is 1. The minimum absolute atomic E-state index is 0.0573. The van der Waals surface area contributed by atoms with Crippen LogP contribution in [0.5, 0.6) is 0 Å². The van der Waals surface area contributed by atoms with Crippen molar-refractivity contribution >= 4 is 5.97 Å². The summed E-state index contributed by atoms with van der Waals surface area (Å²) in [6.45, 7) is 0. The van der Waals surface area contributed by atoms with Gasteiger partial charge in [0.1, 0.15) is 12.1 Å². The first-order valence-corrected chi connectivity index (χ1v) is 3.76. The van der Waals surface area contributed by atoms with Gasteiger partial charge in [-0.1, -0.05) is 6.07 Å². The van der Waals surface area contributed by atoms with Crippen LogP contribution in [0.25, 0.3) is 0 Å². The minimum Gasteiger partial charge on any atom is -0.465 e. The first-order valence-electron chi connectivity index (χ1n) is 3.76. The molecule has 0 atom stereocenters. The van der Waals surface area contributed by atoms with Gasteiger partial charge in [-0.2, -0.15) is 10.5 Å². The molecule has 0 spiro atoms. The normalized spacial score (nSPS) is 8.50. The lowest BCUT2D eigenvalue weighted by atomic mass is 10.0. The molecule has 4 nitrogen and oxygen atoms in total. The maximum atomic E-state index is 11.2. The van der Waals surface area contributed by atoms with Gasteiger partial charge in [-0.25, -0.2) is 4.79 Å². The van der Waals surface area contributed by atoms with E-state index in [-0.39, 0.29) is 16.7 Å². The Morgan fingerprint density at radius 3 is 2.57 bits per heavy atom. The predicted molar refractivity (Wildman–Crippen MR) is 47.2 cm³/mol. The number of methoxy groups -OCH3 is 1. The fraction of sp³-hybridized carbons (Fsp3) is 0.100. The van der Waals surface area contributed by atoms with E-state index < -0.39 is 5.97 Å². The molecule has 14 heavy (non-hydrogen) atoms. The molecular formula is C10H6N2O2. The highest BCUT2D eigenvalue weighted by Crippen LogP contribution is 2.13. The van der Waals surface area contributed by atoms with Gasteiger partial charge in [0, 0.05) is 0 Å². The molecule has 0 heterocycles. The lowest BCUT2D eigenvalue weighted by molar-refractivity contribution is 0.0600. The average Bonchev–Trinajstić information content (AvgIpc) is 2.26. The molecule has 1 aromatic rings. The summed E-state index contributed by atoms with van der Waals surface area (Å²) < 4.78 is 4.48. The monoisotopic (exact) mass is 186 g/mol. The van der Waals surface area contributed by atoms with Crippen LogP contribution in [0.3, 0.4) is 0 Å². The Morgan fingerprint density at radius 2 is 2.07 bits per heavy atom. The van der Waals surface area contributed by atoms with E-state index in [2.05, 4.69) is 4.74 Å². The second-order valence-electron chi connectivity index (χ2n) is 2.44. The van der Waals surface area contributed by atoms with Crippen molar-refractivity contribution in [3.05, 3.63) is 34.9 Å². The van der Waals surface area contributed by atoms with Crippen molar-refractivity contribution in [2.45, 2.75) is 0 Å². The molecule has 0 N–H and O–H groups in total. The largest absolute Gasteiger partial charge is 0.465 e. The number of esters is 1. The molecule has 0 saturated carbocycles. The molecule has 1 rings (SSSR count). The van der Waals surface area contributed by atoms with E-state index in [1.54, 1.807) is 6.07 Å². The molecule has 0 aliphatic rings. The number of carbonyl (C=O) groups is 1. The zero-order valence-electron chi connectivity index (χ0n) is 7.44. The lowest BCUT2D eigenvalue weighted by Gasteiger charge is -2.01. The Balaban J connectivity index is 3.40. The van der Waals surface area contributed by atoms with Gasteiger partial charge in [0.05, 0.1) is 23.8 Å². The van der Waals surface area contributed by atoms with E-state index in [0.29, 0.717) is 0 Å². The highest BCUT2D eigenvalue weighted by molar-refractivity contribution is 5.92. The topological polar surface area (TPSA) is 73.9 Å². The van der Waals surface area contributed by atoms with Crippen molar-refractivity contribution in [1.82, 2.24) is 0 Å². The first-order chi connectivity index (χ1) is 6.74. The Labute approximate surface area is 81.0 Å². The molecule has 4 heteroatoms. The van der Waals surface area contributed by atoms with Crippen molar-refractivity contribution in [3.63, 3.8) is 0 Å². The SMILES string of the molecule is COC(=O)c1cccc(C#N)c1C#N. The molecule has 0 saturated heterocycles. The Kier molecular flexibility index (Phi) is 2.83. The number of rotatable bonds is 1. The van der Waals surface area contributed by atoms with Crippen LogP contribution in [0, 0.1) is 22.7 Å². The fourth-order valence-corrected chi connectivity index (χ4v) is 1.05. The zero-order chi connectivity index (χ0) is 10.6. The van der Waals surface area contributed by atoms with Gasteiger partial charge in [-0.05, 0) is 12.1 Å². The average molecular weight is 186 g/mol. The minimum atomic E-state index is -0.612. The van der Waals surface area contributed by atoms with E-state index in [1.165, 1.54) is 25.3 Å². The molecule has 0 amide bonds. The maximum Gasteiger partial charge on any atom is 0.339 e. The highest BCUT2D eigenvalue weighted by atomic mass is 16.5. The van der Waals surface area contributed by atoms with Gasteiger partial charge < -0.3 is 4.74 Å². The molecule has 0 aliphatic heterocycles. The molecule has 0 fully saturated rings. The van der Waals surface area contributed by atoms with Gasteiger partial charge in [-0.3, -0.25) is 0 Å². The number of hydrogen-bond acceptors (Lipinski definition) is 4. The Morgan fingerprint density at radius 1 is 1.36 bits per heavy atom. The third kappa shape index (κ3) is 1.55. The second-order valence-corrected chi connectivity index (χ2v) is 2.44. The molecule has 1 aromatic carbocycles. The van der Waals surface area contributed by atoms with Gasteiger partial charge in [-0.15, -0.1) is 0 Å². The predicted octanol–water partition coefficient (Wildman–Crippen LogP) is 1.22. The van der Waals surface area contributed by atoms with Gasteiger partial charge >= 0.3 is 5.97 Å². The smallest absolute Gasteiger partial charge is 0.339 e. The van der Waals surface area contributed by atoms with Crippen LogP contribution >= 0.6 is 0 Å². The second kappa shape index (κ2) is 4.06. The summed E-state index contributed by atoms with van der Waals surface area (Å²) >= 11 is 0. The number of hydrogen-bond donors (Lipinski definition) is 0. The van der Waals surface area contributed by atoms with Crippen molar-refractivity contribution in [2.24, 2.45) is 0 Å². The number of benzene rings is 1. The van der Waals surface area contributed by atoms with E-state index in [4.69, 9.17) is 10.5 Å². The highest BCUT2D eigenvalue weighted by Gasteiger charge is 2.14. The van der Waals surface area contributed by atoms with Crippen LogP contribution < -0.4 is 0 Å². The summed E-state index contributed by atoms with van der Waals surface area (Å²) in [4.78, 5) is 11.2. The number of nitriles is 2. The first kappa shape index (κ1) is 9.76. The van der Waals surface area contributed by atoms with Crippen molar-refractivity contribution < 1.29 is 9.53 Å². The summed E-state index contributed by atoms with van der Waals surface area (Å²) in [5.41, 5.74) is 0.353. The number of nitrogens with zero attached hydrogens (tertiary/aromatic N) is 2. The summed E-state index contributed by atoms with van der Waals surface area (Å²) in [6, 6.07) is 8.10. The van der Waals surface area contributed by atoms with Crippen LogP contribution in [0.2, 0.25) is 0 Å². The van der Waals surface area contributed by atoms with Crippen LogP contribution in [-0.2, 0) is 4.74 Å². The van der Waals surface area contributed by atoms with Crippen LogP contribution in [-0.4, -0.2) is 13.1 Å². The number of carbonyl (C=O) groups excluding carboxylic acids is 1. The van der Waals surface area contributed by atoms with Gasteiger partial charge in [0.25, 0.3) is 0 Å². The van der Waals surface area contributed by atoms with Gasteiger partial charge in [0.2, 0.25) is 0 Å². The van der Waals surface area contributed by atoms with E-state index in [1.807, 2.05) is 6.07 Å². The van der Waals surface area contributed by atoms with Crippen LogP contribution in [0.1, 0.15) is 21.5 Å². The fourth-order valence-electron chi connectivity index (χ4n) is 1.05. The van der Waals surface area contributed by atoms with Crippen molar-refractivity contribution in [3.8, 4) is 12.1 Å². The van der Waals surface area contributed by atoms with E-state index in [9.17, 15) is 4.79 Å². The Bertz CT molecular complexity index is 452. The summed E-state index contributed by atoms with van der Waals surface area (Å²) in [5.74, 6) is -0.612. The summed E-state index contributed by atoms with van der Waals surface area (Å²) in [7, 11) is 1.22. The van der Waals surface area contributed by atoms with Crippen LogP contribution in [0.15, 0.2) is 18.2 Å². The standard InChI is InChI=1S/C10H6N2O2/c1-14-10(13)8-4-2-3-7(5-11)9(8)6-12/h2-4H,1H3. The molecule has 0 radical (unpaired) electrons. The zero-order valence-corrected chi connectivity index (χ0v) is 7.44. The molecule has 0 aliphatic carbocycles. The summed E-state index contributed by atoms with van der Waals surface area (Å²) in [5, 5.41) is 17.4. The van der Waals surface area contributed by atoms with E-state index in [0.717, 1.165) is 0 Å².